The van der Waals surface area contributed by atoms with Gasteiger partial charge in [0.1, 0.15) is 11.1 Å². The maximum Gasteiger partial charge on any atom is 0.340 e. The zero-order valence-corrected chi connectivity index (χ0v) is 17.8. The normalized spacial score (nSPS) is 10.1. The Balaban J connectivity index is 2.10. The highest BCUT2D eigenvalue weighted by Gasteiger charge is 2.17. The number of halogens is 1. The molecule has 0 saturated heterocycles. The molecule has 0 atom stereocenters. The summed E-state index contributed by atoms with van der Waals surface area (Å²) in [4.78, 5) is 38.6. The lowest BCUT2D eigenvalue weighted by Gasteiger charge is -2.10. The van der Waals surface area contributed by atoms with Crippen molar-refractivity contribution in [3.63, 3.8) is 0 Å². The van der Waals surface area contributed by atoms with E-state index < -0.39 is 10.9 Å². The Hall–Kier alpha value is -2.97. The largest absolute Gasteiger partial charge is 0.462 e. The average Bonchev–Trinajstić information content (AvgIpc) is 2.67. The van der Waals surface area contributed by atoms with E-state index in [1.165, 1.54) is 24.3 Å². The first-order chi connectivity index (χ1) is 13.8. The maximum atomic E-state index is 12.2. The average molecular weight is 479 g/mol. The number of nitrogens with zero attached hydrogens (tertiary/aromatic N) is 3. The van der Waals surface area contributed by atoms with E-state index >= 15 is 0 Å². The molecular formula is C18H15BrN4O5S. The van der Waals surface area contributed by atoms with Crippen LogP contribution in [-0.2, 0) is 9.53 Å². The Morgan fingerprint density at radius 2 is 2.14 bits per heavy atom. The summed E-state index contributed by atoms with van der Waals surface area (Å²) in [5.41, 5.74) is 1.02. The summed E-state index contributed by atoms with van der Waals surface area (Å²) >= 11 is 4.22. The molecule has 1 amide bonds. The van der Waals surface area contributed by atoms with Crippen molar-refractivity contribution in [2.24, 2.45) is 0 Å². The van der Waals surface area contributed by atoms with Gasteiger partial charge in [-0.2, -0.15) is 5.26 Å². The van der Waals surface area contributed by atoms with E-state index in [9.17, 15) is 25.0 Å². The zero-order chi connectivity index (χ0) is 21.6. The second-order valence-electron chi connectivity index (χ2n) is 5.56. The first kappa shape index (κ1) is 22.3. The molecule has 11 heteroatoms. The molecule has 1 N–H and O–H groups in total. The van der Waals surface area contributed by atoms with Crippen LogP contribution in [0.1, 0.15) is 28.5 Å². The van der Waals surface area contributed by atoms with Crippen molar-refractivity contribution in [1.82, 2.24) is 4.98 Å². The summed E-state index contributed by atoms with van der Waals surface area (Å²) < 4.78 is 5.31. The molecule has 2 aromatic rings. The van der Waals surface area contributed by atoms with E-state index in [4.69, 9.17) is 4.74 Å². The molecule has 2 rings (SSSR count). The Morgan fingerprint density at radius 3 is 2.72 bits per heavy atom. The molecule has 0 unspecified atom stereocenters. The quantitative estimate of drug-likeness (QED) is 0.274. The number of rotatable bonds is 7. The number of nitrogens with one attached hydrogen (secondary N) is 1. The number of aryl methyl sites for hydroxylation is 1. The highest BCUT2D eigenvalue weighted by molar-refractivity contribution is 9.10. The van der Waals surface area contributed by atoms with Crippen LogP contribution in [0.4, 0.5) is 11.4 Å². The lowest BCUT2D eigenvalue weighted by molar-refractivity contribution is -0.384. The van der Waals surface area contributed by atoms with Gasteiger partial charge in [-0.05, 0) is 41.9 Å². The van der Waals surface area contributed by atoms with Crippen molar-refractivity contribution in [1.29, 1.82) is 5.26 Å². The second kappa shape index (κ2) is 9.99. The fourth-order valence-electron chi connectivity index (χ4n) is 2.23. The summed E-state index contributed by atoms with van der Waals surface area (Å²) in [5, 5.41) is 23.1. The van der Waals surface area contributed by atoms with Crippen LogP contribution in [0.3, 0.4) is 0 Å². The van der Waals surface area contributed by atoms with Crippen LogP contribution in [0, 0.1) is 28.4 Å². The molecule has 1 aromatic carbocycles. The van der Waals surface area contributed by atoms with Gasteiger partial charge < -0.3 is 10.1 Å². The Labute approximate surface area is 178 Å². The van der Waals surface area contributed by atoms with Gasteiger partial charge in [0.05, 0.1) is 39.8 Å². The predicted molar refractivity (Wildman–Crippen MR) is 110 cm³/mol. The number of nitro benzene ring substituents is 1. The fourth-order valence-corrected chi connectivity index (χ4v) is 3.50. The van der Waals surface area contributed by atoms with Crippen molar-refractivity contribution in [3.8, 4) is 6.07 Å². The Morgan fingerprint density at radius 1 is 1.41 bits per heavy atom. The monoisotopic (exact) mass is 478 g/mol. The third-order valence-electron chi connectivity index (χ3n) is 3.57. The standard InChI is InChI=1S/C18H15BrN4O5S/c1-3-28-18(25)13-6-11(8-20)17(21-10(13)2)29-9-16(24)22-15-5-4-12(23(26)27)7-14(15)19/h4-7H,3,9H2,1-2H3,(H,22,24). The topological polar surface area (TPSA) is 135 Å². The number of hydrogen-bond donors (Lipinski definition) is 1. The van der Waals surface area contributed by atoms with Gasteiger partial charge in [0.25, 0.3) is 5.69 Å². The number of esters is 1. The molecule has 0 radical (unpaired) electrons. The van der Waals surface area contributed by atoms with E-state index in [1.807, 2.05) is 6.07 Å². The Bertz CT molecular complexity index is 1020. The SMILES string of the molecule is CCOC(=O)c1cc(C#N)c(SCC(=O)Nc2ccc([N+](=O)[O-])cc2Br)nc1C. The van der Waals surface area contributed by atoms with Crippen molar-refractivity contribution in [2.45, 2.75) is 18.9 Å². The Kier molecular flexibility index (Phi) is 7.69. The molecule has 1 heterocycles. The van der Waals surface area contributed by atoms with E-state index in [1.54, 1.807) is 13.8 Å². The third kappa shape index (κ3) is 5.75. The molecule has 0 aliphatic rings. The highest BCUT2D eigenvalue weighted by atomic mass is 79.9. The van der Waals surface area contributed by atoms with Gasteiger partial charge in [-0.25, -0.2) is 9.78 Å². The second-order valence-corrected chi connectivity index (χ2v) is 7.38. The summed E-state index contributed by atoms with van der Waals surface area (Å²) in [5.74, 6) is -1.00. The number of nitriles is 1. The predicted octanol–water partition coefficient (Wildman–Crippen LogP) is 3.84. The number of thioether (sulfide) groups is 1. The van der Waals surface area contributed by atoms with Gasteiger partial charge in [-0.1, -0.05) is 11.8 Å². The smallest absolute Gasteiger partial charge is 0.340 e. The third-order valence-corrected chi connectivity index (χ3v) is 5.22. The summed E-state index contributed by atoms with van der Waals surface area (Å²) in [6.45, 7) is 3.50. The number of non-ortho nitro benzene ring substituents is 1. The van der Waals surface area contributed by atoms with Crippen LogP contribution >= 0.6 is 27.7 Å². The van der Waals surface area contributed by atoms with E-state index in [-0.39, 0.29) is 35.1 Å². The van der Waals surface area contributed by atoms with E-state index in [2.05, 4.69) is 26.2 Å². The lowest BCUT2D eigenvalue weighted by Crippen LogP contribution is -2.15. The van der Waals surface area contributed by atoms with E-state index in [0.29, 0.717) is 20.9 Å². The minimum absolute atomic E-state index is 0.0523. The van der Waals surface area contributed by atoms with Crippen LogP contribution in [0.15, 0.2) is 33.8 Å². The number of carbonyl (C=O) groups excluding carboxylic acids is 2. The molecular weight excluding hydrogens is 464 g/mol. The molecule has 0 spiro atoms. The molecule has 0 aliphatic carbocycles. The van der Waals surface area contributed by atoms with Crippen LogP contribution in [-0.4, -0.2) is 34.1 Å². The number of pyridine rings is 1. The van der Waals surface area contributed by atoms with Crippen LogP contribution in [0.2, 0.25) is 0 Å². The highest BCUT2D eigenvalue weighted by Crippen LogP contribution is 2.28. The van der Waals surface area contributed by atoms with Gasteiger partial charge in [0.15, 0.2) is 0 Å². The fraction of sp³-hybridized carbons (Fsp3) is 0.222. The molecule has 0 bridgehead atoms. The molecule has 9 nitrogen and oxygen atoms in total. The molecule has 0 fully saturated rings. The zero-order valence-electron chi connectivity index (χ0n) is 15.4. The van der Waals surface area contributed by atoms with Crippen molar-refractivity contribution >= 4 is 50.9 Å². The van der Waals surface area contributed by atoms with Crippen LogP contribution in [0.25, 0.3) is 0 Å². The summed E-state index contributed by atoms with van der Waals surface area (Å²) in [6, 6.07) is 7.35. The van der Waals surface area contributed by atoms with Gasteiger partial charge >= 0.3 is 5.97 Å². The van der Waals surface area contributed by atoms with E-state index in [0.717, 1.165) is 11.8 Å². The molecule has 0 aliphatic heterocycles. The minimum atomic E-state index is -0.564. The summed E-state index contributed by atoms with van der Waals surface area (Å²) in [7, 11) is 0. The first-order valence-electron chi connectivity index (χ1n) is 8.22. The van der Waals surface area contributed by atoms with Crippen molar-refractivity contribution in [3.05, 3.63) is 55.7 Å². The molecule has 1 aromatic heterocycles. The van der Waals surface area contributed by atoms with Gasteiger partial charge in [-0.15, -0.1) is 0 Å². The number of nitro groups is 1. The van der Waals surface area contributed by atoms with Crippen molar-refractivity contribution < 1.29 is 19.2 Å². The van der Waals surface area contributed by atoms with Crippen LogP contribution in [0.5, 0.6) is 0 Å². The minimum Gasteiger partial charge on any atom is -0.462 e. The first-order valence-corrected chi connectivity index (χ1v) is 10.00. The molecule has 150 valence electrons. The number of hydrogen-bond acceptors (Lipinski definition) is 8. The summed E-state index contributed by atoms with van der Waals surface area (Å²) in [6.07, 6.45) is 0. The van der Waals surface area contributed by atoms with Crippen LogP contribution < -0.4 is 5.32 Å². The number of amides is 1. The number of anilines is 1. The lowest BCUT2D eigenvalue weighted by atomic mass is 10.1. The molecule has 0 saturated carbocycles. The number of ether oxygens (including phenoxy) is 1. The van der Waals surface area contributed by atoms with Gasteiger partial charge in [0.2, 0.25) is 5.91 Å². The van der Waals surface area contributed by atoms with Gasteiger partial charge in [0, 0.05) is 16.6 Å². The number of carbonyl (C=O) groups is 2. The van der Waals surface area contributed by atoms with Crippen molar-refractivity contribution in [2.75, 3.05) is 17.7 Å². The number of aromatic nitrogens is 1. The number of benzene rings is 1. The van der Waals surface area contributed by atoms with Gasteiger partial charge in [-0.3, -0.25) is 14.9 Å². The maximum absolute atomic E-state index is 12.2. The molecule has 29 heavy (non-hydrogen) atoms.